The van der Waals surface area contributed by atoms with Gasteiger partial charge in [-0.1, -0.05) is 46.3 Å². The molecule has 0 heterocycles. The number of alkyl halides is 1. The van der Waals surface area contributed by atoms with E-state index < -0.39 is 30.3 Å². The number of carboxylic acids is 1. The predicted molar refractivity (Wildman–Crippen MR) is 74.6 cm³/mol. The molecule has 0 unspecified atom stereocenters. The quantitative estimate of drug-likeness (QED) is 0.735. The normalized spacial score (nSPS) is 11.4. The van der Waals surface area contributed by atoms with Gasteiger partial charge in [-0.2, -0.15) is 0 Å². The summed E-state index contributed by atoms with van der Waals surface area (Å²) in [6.45, 7) is 0.0506. The van der Waals surface area contributed by atoms with E-state index in [0.29, 0.717) is 0 Å². The molecule has 0 aliphatic rings. The molecule has 6 nitrogen and oxygen atoms in total. The van der Waals surface area contributed by atoms with Crippen molar-refractivity contribution in [1.29, 1.82) is 0 Å². The number of nitrogens with one attached hydrogen (secondary N) is 1. The fourth-order valence-electron chi connectivity index (χ4n) is 1.42. The van der Waals surface area contributed by atoms with E-state index in [2.05, 4.69) is 21.2 Å². The van der Waals surface area contributed by atoms with Crippen molar-refractivity contribution < 1.29 is 24.2 Å². The second kappa shape index (κ2) is 8.31. The second-order valence-corrected chi connectivity index (χ2v) is 4.52. The summed E-state index contributed by atoms with van der Waals surface area (Å²) in [4.78, 5) is 33.6. The largest absolute Gasteiger partial charge is 0.481 e. The van der Waals surface area contributed by atoms with E-state index in [9.17, 15) is 14.4 Å². The van der Waals surface area contributed by atoms with E-state index >= 15 is 0 Å². The van der Waals surface area contributed by atoms with Crippen LogP contribution in [-0.2, 0) is 20.9 Å². The molecule has 1 aromatic carbocycles. The highest BCUT2D eigenvalue weighted by Gasteiger charge is 2.23. The summed E-state index contributed by atoms with van der Waals surface area (Å²) >= 11 is 2.94. The molecule has 108 valence electrons. The molecule has 20 heavy (non-hydrogen) atoms. The van der Waals surface area contributed by atoms with Crippen LogP contribution in [0.1, 0.15) is 12.0 Å². The fourth-order valence-corrected chi connectivity index (χ4v) is 1.81. The summed E-state index contributed by atoms with van der Waals surface area (Å²) in [5, 5.41) is 10.9. The summed E-state index contributed by atoms with van der Waals surface area (Å²) in [5.41, 5.74) is 0.796. The Bertz CT molecular complexity index is 477. The van der Waals surface area contributed by atoms with E-state index in [1.54, 1.807) is 24.3 Å². The second-order valence-electron chi connectivity index (χ2n) is 3.96. The van der Waals surface area contributed by atoms with Crippen molar-refractivity contribution >= 4 is 33.8 Å². The molecule has 0 aliphatic carbocycles. The monoisotopic (exact) mass is 343 g/mol. The van der Waals surface area contributed by atoms with Crippen molar-refractivity contribution in [1.82, 2.24) is 5.32 Å². The van der Waals surface area contributed by atoms with Crippen molar-refractivity contribution in [3.63, 3.8) is 0 Å². The first-order valence-electron chi connectivity index (χ1n) is 5.80. The molecule has 0 saturated carbocycles. The van der Waals surface area contributed by atoms with Crippen molar-refractivity contribution in [2.75, 3.05) is 5.33 Å². The van der Waals surface area contributed by atoms with Gasteiger partial charge in [0.2, 0.25) is 0 Å². The van der Waals surface area contributed by atoms with Gasteiger partial charge in [0.1, 0.15) is 12.6 Å². The van der Waals surface area contributed by atoms with Crippen LogP contribution >= 0.6 is 15.9 Å². The van der Waals surface area contributed by atoms with Gasteiger partial charge >= 0.3 is 12.1 Å². The molecule has 1 rings (SSSR count). The van der Waals surface area contributed by atoms with Gasteiger partial charge in [-0.3, -0.25) is 9.59 Å². The third-order valence-electron chi connectivity index (χ3n) is 2.40. The summed E-state index contributed by atoms with van der Waals surface area (Å²) in [6, 6.07) is 7.91. The molecule has 2 N–H and O–H groups in total. The SMILES string of the molecule is O=C(O)C[C@H](NC(=O)OCc1ccccc1)C(=O)CBr. The zero-order valence-corrected chi connectivity index (χ0v) is 12.1. The number of hydrogen-bond acceptors (Lipinski definition) is 4. The number of hydrogen-bond donors (Lipinski definition) is 2. The van der Waals surface area contributed by atoms with Crippen LogP contribution in [0.2, 0.25) is 0 Å². The lowest BCUT2D eigenvalue weighted by Crippen LogP contribution is -2.43. The molecule has 0 radical (unpaired) electrons. The first-order chi connectivity index (χ1) is 9.52. The molecule has 0 spiro atoms. The van der Waals surface area contributed by atoms with Crippen molar-refractivity contribution in [3.8, 4) is 0 Å². The van der Waals surface area contributed by atoms with Crippen molar-refractivity contribution in [3.05, 3.63) is 35.9 Å². The molecule has 1 atom stereocenters. The number of amides is 1. The van der Waals surface area contributed by atoms with Crippen LogP contribution in [0.15, 0.2) is 30.3 Å². The number of benzene rings is 1. The lowest BCUT2D eigenvalue weighted by Gasteiger charge is -2.14. The molecular formula is C13H14BrNO5. The van der Waals surface area contributed by atoms with Gasteiger partial charge in [0.25, 0.3) is 0 Å². The Labute approximate surface area is 124 Å². The number of rotatable bonds is 7. The van der Waals surface area contributed by atoms with Gasteiger partial charge in [-0.25, -0.2) is 4.79 Å². The number of carbonyl (C=O) groups excluding carboxylic acids is 2. The summed E-state index contributed by atoms with van der Waals surface area (Å²) in [5.74, 6) is -1.60. The van der Waals surface area contributed by atoms with Gasteiger partial charge in [0.05, 0.1) is 11.8 Å². The number of ketones is 1. The van der Waals surface area contributed by atoms with Crippen LogP contribution in [-0.4, -0.2) is 34.3 Å². The van der Waals surface area contributed by atoms with E-state index in [1.165, 1.54) is 0 Å². The van der Waals surface area contributed by atoms with Gasteiger partial charge in [0, 0.05) is 0 Å². The third kappa shape index (κ3) is 5.83. The Morgan fingerprint density at radius 3 is 2.45 bits per heavy atom. The Balaban J connectivity index is 2.49. The van der Waals surface area contributed by atoms with Crippen LogP contribution in [0.4, 0.5) is 4.79 Å². The average molecular weight is 344 g/mol. The van der Waals surface area contributed by atoms with Crippen LogP contribution < -0.4 is 5.32 Å². The lowest BCUT2D eigenvalue weighted by atomic mass is 10.1. The molecule has 0 saturated heterocycles. The highest BCUT2D eigenvalue weighted by atomic mass is 79.9. The Morgan fingerprint density at radius 1 is 1.25 bits per heavy atom. The molecule has 1 aromatic rings. The van der Waals surface area contributed by atoms with Crippen molar-refractivity contribution in [2.45, 2.75) is 19.1 Å². The average Bonchev–Trinajstić information content (AvgIpc) is 2.44. The number of carbonyl (C=O) groups is 3. The minimum atomic E-state index is -1.17. The van der Waals surface area contributed by atoms with E-state index in [4.69, 9.17) is 9.84 Å². The standard InChI is InChI=1S/C13H14BrNO5/c14-7-11(16)10(6-12(17)18)15-13(19)20-8-9-4-2-1-3-5-9/h1-5,10H,6-8H2,(H,15,19)(H,17,18)/t10-/m0/s1. The molecule has 7 heteroatoms. The maximum atomic E-state index is 11.5. The first kappa shape index (κ1) is 16.2. The van der Waals surface area contributed by atoms with Crippen LogP contribution in [0.5, 0.6) is 0 Å². The van der Waals surface area contributed by atoms with Crippen LogP contribution in [0, 0.1) is 0 Å². The van der Waals surface area contributed by atoms with Crippen LogP contribution in [0.25, 0.3) is 0 Å². The minimum Gasteiger partial charge on any atom is -0.481 e. The number of halogens is 1. The molecule has 0 aromatic heterocycles. The van der Waals surface area contributed by atoms with Crippen LogP contribution in [0.3, 0.4) is 0 Å². The van der Waals surface area contributed by atoms with Gasteiger partial charge in [-0.05, 0) is 5.56 Å². The maximum Gasteiger partial charge on any atom is 0.408 e. The minimum absolute atomic E-state index is 0.0378. The Kier molecular flexibility index (Phi) is 6.72. The topological polar surface area (TPSA) is 92.7 Å². The number of carboxylic acid groups (broad SMARTS) is 1. The maximum absolute atomic E-state index is 11.5. The number of alkyl carbamates (subject to hydrolysis) is 1. The van der Waals surface area contributed by atoms with E-state index in [1.807, 2.05) is 6.07 Å². The van der Waals surface area contributed by atoms with E-state index in [-0.39, 0.29) is 11.9 Å². The zero-order valence-electron chi connectivity index (χ0n) is 10.5. The summed E-state index contributed by atoms with van der Waals surface area (Å²) in [7, 11) is 0. The number of aliphatic carboxylic acids is 1. The molecule has 0 fully saturated rings. The fraction of sp³-hybridized carbons (Fsp3) is 0.308. The van der Waals surface area contributed by atoms with Gasteiger partial charge in [-0.15, -0.1) is 0 Å². The Hall–Kier alpha value is -1.89. The highest BCUT2D eigenvalue weighted by Crippen LogP contribution is 2.02. The van der Waals surface area contributed by atoms with E-state index in [0.717, 1.165) is 5.56 Å². The molecule has 0 aliphatic heterocycles. The summed E-state index contributed by atoms with van der Waals surface area (Å²) in [6.07, 6.45) is -1.31. The number of Topliss-reactive ketones (excluding diaryl/α,β-unsaturated/α-hetero) is 1. The lowest BCUT2D eigenvalue weighted by molar-refractivity contribution is -0.139. The molecular weight excluding hydrogens is 330 g/mol. The highest BCUT2D eigenvalue weighted by molar-refractivity contribution is 9.09. The zero-order chi connectivity index (χ0) is 15.0. The number of ether oxygens (including phenoxy) is 1. The third-order valence-corrected chi connectivity index (χ3v) is 2.96. The molecule has 1 amide bonds. The smallest absolute Gasteiger partial charge is 0.408 e. The van der Waals surface area contributed by atoms with Gasteiger partial charge in [0.15, 0.2) is 5.78 Å². The Morgan fingerprint density at radius 2 is 1.90 bits per heavy atom. The predicted octanol–water partition coefficient (Wildman–Crippen LogP) is 1.72. The van der Waals surface area contributed by atoms with Crippen molar-refractivity contribution in [2.24, 2.45) is 0 Å². The van der Waals surface area contributed by atoms with Gasteiger partial charge < -0.3 is 15.2 Å². The first-order valence-corrected chi connectivity index (χ1v) is 6.92. The summed E-state index contributed by atoms with van der Waals surface area (Å²) < 4.78 is 4.92. The molecule has 0 bridgehead atoms.